The van der Waals surface area contributed by atoms with Gasteiger partial charge in [0, 0.05) is 12.1 Å². The van der Waals surface area contributed by atoms with Crippen LogP contribution in [0.2, 0.25) is 0 Å². The van der Waals surface area contributed by atoms with Crippen molar-refractivity contribution in [2.24, 2.45) is 5.92 Å². The van der Waals surface area contributed by atoms with Gasteiger partial charge >= 0.3 is 0 Å². The van der Waals surface area contributed by atoms with E-state index < -0.39 is 0 Å². The fourth-order valence-electron chi connectivity index (χ4n) is 1.16. The van der Waals surface area contributed by atoms with E-state index in [-0.39, 0.29) is 2.88 Å². The van der Waals surface area contributed by atoms with Gasteiger partial charge in [-0.05, 0) is 18.9 Å². The third-order valence-electron chi connectivity index (χ3n) is 1.95. The number of halogens is 2. The van der Waals surface area contributed by atoms with Crippen LogP contribution in [0.3, 0.4) is 0 Å². The van der Waals surface area contributed by atoms with E-state index in [0.717, 1.165) is 12.0 Å². The minimum absolute atomic E-state index is 0.239. The average Bonchev–Trinajstić information content (AvgIpc) is 2.03. The molecule has 12 heavy (non-hydrogen) atoms. The van der Waals surface area contributed by atoms with Crippen LogP contribution in [0.25, 0.3) is 0 Å². The predicted molar refractivity (Wildman–Crippen MR) is 62.4 cm³/mol. The molecule has 1 N–H and O–H groups in total. The summed E-state index contributed by atoms with van der Waals surface area (Å²) in [6.07, 6.45) is 8.32. The van der Waals surface area contributed by atoms with E-state index in [9.17, 15) is 0 Å². The third-order valence-corrected chi connectivity index (χ3v) is 3.03. The van der Waals surface area contributed by atoms with Crippen LogP contribution in [0, 0.1) is 11.3 Å². The maximum Gasteiger partial charge on any atom is 0.0994 e. The highest BCUT2D eigenvalue weighted by Crippen LogP contribution is 2.38. The van der Waals surface area contributed by atoms with Crippen LogP contribution in [0.1, 0.15) is 13.3 Å². The second-order valence-corrected chi connectivity index (χ2v) is 6.70. The molecule has 1 nitrogen and oxygen atoms in total. The molecule has 0 bridgehead atoms. The Balaban J connectivity index is 2.72. The molecule has 0 saturated carbocycles. The fraction of sp³-hybridized carbons (Fsp3) is 0.444. The molecule has 1 rings (SSSR count). The number of hydrogen-bond donors (Lipinski definition) is 1. The van der Waals surface area contributed by atoms with Gasteiger partial charge in [-0.25, -0.2) is 0 Å². The number of allylic oxidation sites excluding steroid dienone is 4. The summed E-state index contributed by atoms with van der Waals surface area (Å²) in [6, 6.07) is 0. The molecule has 0 aromatic rings. The monoisotopic (exact) mass is 295 g/mol. The van der Waals surface area contributed by atoms with Crippen molar-refractivity contribution < 1.29 is 0 Å². The highest BCUT2D eigenvalue weighted by molar-refractivity contribution is 14.1. The quantitative estimate of drug-likeness (QED) is 0.458. The van der Waals surface area contributed by atoms with Gasteiger partial charge in [-0.2, -0.15) is 0 Å². The van der Waals surface area contributed by atoms with Crippen molar-refractivity contribution in [1.29, 1.82) is 5.41 Å². The Labute approximate surface area is 91.5 Å². The first kappa shape index (κ1) is 10.3. The van der Waals surface area contributed by atoms with Gasteiger partial charge in [-0.3, -0.25) is 0 Å². The molecular formula is C9H11ClIN. The molecule has 0 amide bonds. The SMILES string of the molecule is C[C@@](Cl)(I)C1C=CC=C(C=N)C1. The van der Waals surface area contributed by atoms with E-state index in [1.54, 1.807) is 0 Å². The maximum atomic E-state index is 7.12. The molecule has 0 aromatic heterocycles. The highest BCUT2D eigenvalue weighted by atomic mass is 127. The highest BCUT2D eigenvalue weighted by Gasteiger charge is 2.28. The Morgan fingerprint density at radius 1 is 1.83 bits per heavy atom. The number of rotatable bonds is 2. The predicted octanol–water partition coefficient (Wildman–Crippen LogP) is 3.53. The van der Waals surface area contributed by atoms with Gasteiger partial charge in [0.1, 0.15) is 0 Å². The molecule has 2 atom stereocenters. The molecule has 1 aliphatic rings. The molecule has 1 unspecified atom stereocenters. The molecule has 0 aromatic carbocycles. The van der Waals surface area contributed by atoms with E-state index in [0.29, 0.717) is 5.92 Å². The summed E-state index contributed by atoms with van der Waals surface area (Å²) >= 11 is 8.40. The Morgan fingerprint density at radius 2 is 2.50 bits per heavy atom. The first-order valence-corrected chi connectivity index (χ1v) is 5.25. The van der Waals surface area contributed by atoms with Crippen molar-refractivity contribution in [3.63, 3.8) is 0 Å². The first-order valence-electron chi connectivity index (χ1n) is 3.79. The van der Waals surface area contributed by atoms with Gasteiger partial charge < -0.3 is 5.41 Å². The molecule has 0 radical (unpaired) electrons. The Kier molecular flexibility index (Phi) is 3.35. The standard InChI is InChI=1S/C9H11ClIN/c1-9(10,11)8-4-2-3-7(5-8)6-12/h2-4,6,8,12H,5H2,1H3/t8?,9-/m1/s1. The van der Waals surface area contributed by atoms with Crippen molar-refractivity contribution in [3.8, 4) is 0 Å². The van der Waals surface area contributed by atoms with E-state index in [1.165, 1.54) is 6.21 Å². The smallest absolute Gasteiger partial charge is 0.0994 e. The van der Waals surface area contributed by atoms with E-state index in [2.05, 4.69) is 28.7 Å². The van der Waals surface area contributed by atoms with Gasteiger partial charge in [0.05, 0.1) is 2.88 Å². The van der Waals surface area contributed by atoms with Crippen LogP contribution < -0.4 is 0 Å². The minimum atomic E-state index is -0.239. The van der Waals surface area contributed by atoms with Crippen LogP contribution in [-0.4, -0.2) is 9.10 Å². The fourth-order valence-corrected chi connectivity index (χ4v) is 1.74. The Hall–Kier alpha value is 0.170. The van der Waals surface area contributed by atoms with Gasteiger partial charge in [-0.15, -0.1) is 11.6 Å². The summed E-state index contributed by atoms with van der Waals surface area (Å²) in [6.45, 7) is 2.00. The summed E-state index contributed by atoms with van der Waals surface area (Å²) in [4.78, 5) is 0. The number of hydrogen-bond acceptors (Lipinski definition) is 1. The molecule has 0 heterocycles. The third kappa shape index (κ3) is 2.59. The molecule has 66 valence electrons. The summed E-state index contributed by atoms with van der Waals surface area (Å²) in [5.74, 6) is 0.335. The Bertz CT molecular complexity index is 237. The lowest BCUT2D eigenvalue weighted by Crippen LogP contribution is -2.21. The summed E-state index contributed by atoms with van der Waals surface area (Å²) in [7, 11) is 0. The average molecular weight is 296 g/mol. The van der Waals surface area contributed by atoms with Crippen LogP contribution in [0.5, 0.6) is 0 Å². The lowest BCUT2D eigenvalue weighted by molar-refractivity contribution is 0.616. The van der Waals surface area contributed by atoms with Gasteiger partial charge in [-0.1, -0.05) is 40.8 Å². The zero-order valence-electron chi connectivity index (χ0n) is 6.85. The first-order chi connectivity index (χ1) is 5.54. The van der Waals surface area contributed by atoms with Crippen molar-refractivity contribution in [3.05, 3.63) is 23.8 Å². The molecule has 0 aliphatic heterocycles. The normalized spacial score (nSPS) is 27.6. The van der Waals surface area contributed by atoms with Crippen LogP contribution in [0.15, 0.2) is 23.8 Å². The van der Waals surface area contributed by atoms with Crippen molar-refractivity contribution >= 4 is 40.4 Å². The second kappa shape index (κ2) is 3.92. The number of alkyl halides is 2. The van der Waals surface area contributed by atoms with Gasteiger partial charge in [0.15, 0.2) is 0 Å². The van der Waals surface area contributed by atoms with E-state index in [4.69, 9.17) is 17.0 Å². The lowest BCUT2D eigenvalue weighted by atomic mass is 9.92. The zero-order valence-corrected chi connectivity index (χ0v) is 9.76. The second-order valence-electron chi connectivity index (χ2n) is 3.04. The maximum absolute atomic E-state index is 7.12. The van der Waals surface area contributed by atoms with Crippen molar-refractivity contribution in [2.75, 3.05) is 0 Å². The molecule has 3 heteroatoms. The van der Waals surface area contributed by atoms with Crippen molar-refractivity contribution in [1.82, 2.24) is 0 Å². The lowest BCUT2D eigenvalue weighted by Gasteiger charge is -2.25. The summed E-state index contributed by atoms with van der Waals surface area (Å²) in [5, 5.41) is 7.12. The molecule has 0 fully saturated rings. The van der Waals surface area contributed by atoms with Crippen LogP contribution in [0.4, 0.5) is 0 Å². The van der Waals surface area contributed by atoms with E-state index >= 15 is 0 Å². The molecule has 1 aliphatic carbocycles. The van der Waals surface area contributed by atoms with Crippen LogP contribution in [-0.2, 0) is 0 Å². The number of nitrogens with one attached hydrogen (secondary N) is 1. The van der Waals surface area contributed by atoms with Crippen molar-refractivity contribution in [2.45, 2.75) is 16.2 Å². The molecular weight excluding hydrogens is 284 g/mol. The molecule has 0 spiro atoms. The topological polar surface area (TPSA) is 23.9 Å². The van der Waals surface area contributed by atoms with Gasteiger partial charge in [0.2, 0.25) is 0 Å². The van der Waals surface area contributed by atoms with E-state index in [1.807, 2.05) is 19.1 Å². The Morgan fingerprint density at radius 3 is 3.00 bits per heavy atom. The zero-order chi connectivity index (χ0) is 9.19. The largest absolute Gasteiger partial charge is 0.308 e. The van der Waals surface area contributed by atoms with Crippen LogP contribution >= 0.6 is 34.2 Å². The summed E-state index contributed by atoms with van der Waals surface area (Å²) < 4.78 is -0.239. The molecule has 0 saturated heterocycles. The van der Waals surface area contributed by atoms with Gasteiger partial charge in [0.25, 0.3) is 0 Å². The summed E-state index contributed by atoms with van der Waals surface area (Å²) in [5.41, 5.74) is 1.05. The minimum Gasteiger partial charge on any atom is -0.308 e.